The van der Waals surface area contributed by atoms with E-state index in [0.717, 1.165) is 32.6 Å². The third-order valence-electron chi connectivity index (χ3n) is 5.55. The van der Waals surface area contributed by atoms with Gasteiger partial charge < -0.3 is 14.7 Å². The summed E-state index contributed by atoms with van der Waals surface area (Å²) in [6, 6.07) is 8.42. The highest BCUT2D eigenvalue weighted by molar-refractivity contribution is 5.89. The van der Waals surface area contributed by atoms with Gasteiger partial charge in [0.15, 0.2) is 0 Å². The van der Waals surface area contributed by atoms with E-state index >= 15 is 0 Å². The number of carbonyl (C=O) groups is 2. The molecule has 3 rings (SSSR count). The van der Waals surface area contributed by atoms with Crippen LogP contribution in [-0.2, 0) is 9.59 Å². The minimum Gasteiger partial charge on any atom is -0.369 e. The lowest BCUT2D eigenvalue weighted by atomic mass is 10.1. The Morgan fingerprint density at radius 3 is 2.46 bits per heavy atom. The van der Waals surface area contributed by atoms with Crippen LogP contribution in [0.2, 0.25) is 0 Å². The molecule has 1 atom stereocenters. The second kappa shape index (κ2) is 7.29. The van der Waals surface area contributed by atoms with E-state index < -0.39 is 0 Å². The summed E-state index contributed by atoms with van der Waals surface area (Å²) < 4.78 is 0. The van der Waals surface area contributed by atoms with E-state index in [1.807, 2.05) is 30.6 Å². The fourth-order valence-electron chi connectivity index (χ4n) is 4.08. The summed E-state index contributed by atoms with van der Waals surface area (Å²) in [5.74, 6) is 0.0654. The van der Waals surface area contributed by atoms with Gasteiger partial charge in [-0.05, 0) is 45.7 Å². The Balaban J connectivity index is 1.64. The summed E-state index contributed by atoms with van der Waals surface area (Å²) in [7, 11) is 0. The molecule has 0 spiro atoms. The van der Waals surface area contributed by atoms with Gasteiger partial charge in [0.2, 0.25) is 11.8 Å². The zero-order valence-electron chi connectivity index (χ0n) is 16.5. The maximum atomic E-state index is 13.0. The molecule has 0 aliphatic carbocycles. The lowest BCUT2D eigenvalue weighted by molar-refractivity contribution is -0.135. The number of rotatable bonds is 2. The molecule has 0 radical (unpaired) electrons. The number of anilines is 1. The molecule has 0 N–H and O–H groups in total. The Morgan fingerprint density at radius 2 is 1.81 bits per heavy atom. The zero-order chi connectivity index (χ0) is 18.9. The van der Waals surface area contributed by atoms with E-state index in [9.17, 15) is 9.59 Å². The Bertz CT molecular complexity index is 680. The summed E-state index contributed by atoms with van der Waals surface area (Å²) in [4.78, 5) is 31.5. The monoisotopic (exact) mass is 357 g/mol. The number of hydrogen-bond acceptors (Lipinski definition) is 3. The average molecular weight is 357 g/mol. The molecule has 0 saturated carbocycles. The molecule has 0 unspecified atom stereocenters. The van der Waals surface area contributed by atoms with Crippen LogP contribution in [0.25, 0.3) is 0 Å². The van der Waals surface area contributed by atoms with Gasteiger partial charge in [-0.1, -0.05) is 18.2 Å². The van der Waals surface area contributed by atoms with Crippen molar-refractivity contribution < 1.29 is 9.59 Å². The highest BCUT2D eigenvalue weighted by atomic mass is 16.2. The molecule has 2 aliphatic heterocycles. The van der Waals surface area contributed by atoms with Crippen LogP contribution < -0.4 is 4.90 Å². The summed E-state index contributed by atoms with van der Waals surface area (Å²) in [5.41, 5.74) is 2.32. The SMILES string of the molecule is Cc1ccccc1N1CCCN(C(=O)[C@H]2CC(=O)N(C(C)(C)C)C2)CC1. The Kier molecular flexibility index (Phi) is 5.26. The van der Waals surface area contributed by atoms with E-state index in [0.29, 0.717) is 13.0 Å². The smallest absolute Gasteiger partial charge is 0.228 e. The first kappa shape index (κ1) is 18.7. The summed E-state index contributed by atoms with van der Waals surface area (Å²) in [6.07, 6.45) is 1.32. The van der Waals surface area contributed by atoms with E-state index in [-0.39, 0.29) is 23.3 Å². The molecule has 2 saturated heterocycles. The number of nitrogens with zero attached hydrogens (tertiary/aromatic N) is 3. The Labute approximate surface area is 156 Å². The van der Waals surface area contributed by atoms with E-state index in [4.69, 9.17) is 0 Å². The number of carbonyl (C=O) groups excluding carboxylic acids is 2. The van der Waals surface area contributed by atoms with Crippen LogP contribution in [0.3, 0.4) is 0 Å². The summed E-state index contributed by atoms with van der Waals surface area (Å²) in [6.45, 7) is 12.1. The van der Waals surface area contributed by atoms with Gasteiger partial charge in [-0.3, -0.25) is 9.59 Å². The van der Waals surface area contributed by atoms with Gasteiger partial charge in [-0.15, -0.1) is 0 Å². The maximum Gasteiger partial charge on any atom is 0.228 e. The Hall–Kier alpha value is -2.04. The van der Waals surface area contributed by atoms with Crippen LogP contribution in [0.1, 0.15) is 39.2 Å². The van der Waals surface area contributed by atoms with Crippen molar-refractivity contribution in [2.75, 3.05) is 37.6 Å². The molecule has 0 aromatic heterocycles. The largest absolute Gasteiger partial charge is 0.369 e. The molecule has 5 heteroatoms. The topological polar surface area (TPSA) is 43.9 Å². The van der Waals surface area contributed by atoms with E-state index in [2.05, 4.69) is 36.1 Å². The molecule has 1 aromatic rings. The van der Waals surface area contributed by atoms with Crippen molar-refractivity contribution in [1.29, 1.82) is 0 Å². The first-order valence-corrected chi connectivity index (χ1v) is 9.67. The molecule has 2 heterocycles. The van der Waals surface area contributed by atoms with Crippen LogP contribution in [0.5, 0.6) is 0 Å². The molecule has 1 aromatic carbocycles. The lowest BCUT2D eigenvalue weighted by Gasteiger charge is -2.32. The number of para-hydroxylation sites is 1. The van der Waals surface area contributed by atoms with E-state index in [1.165, 1.54) is 11.3 Å². The average Bonchev–Trinajstić information content (AvgIpc) is 2.83. The van der Waals surface area contributed by atoms with Crippen molar-refractivity contribution in [3.05, 3.63) is 29.8 Å². The molecule has 2 fully saturated rings. The fraction of sp³-hybridized carbons (Fsp3) is 0.619. The molecule has 5 nitrogen and oxygen atoms in total. The molecule has 0 bridgehead atoms. The fourth-order valence-corrected chi connectivity index (χ4v) is 4.08. The standard InChI is InChI=1S/C21H31N3O2/c1-16-8-5-6-9-18(16)22-10-7-11-23(13-12-22)20(26)17-14-19(25)24(15-17)21(2,3)4/h5-6,8-9,17H,7,10-15H2,1-4H3/t17-/m0/s1. The van der Waals surface area contributed by atoms with Crippen LogP contribution in [0.15, 0.2) is 24.3 Å². The molecule has 26 heavy (non-hydrogen) atoms. The number of aryl methyl sites for hydroxylation is 1. The van der Waals surface area contributed by atoms with Gasteiger partial charge in [0.05, 0.1) is 5.92 Å². The van der Waals surface area contributed by atoms with Crippen molar-refractivity contribution in [3.8, 4) is 0 Å². The normalized spacial score (nSPS) is 21.9. The van der Waals surface area contributed by atoms with Gasteiger partial charge in [0, 0.05) is 50.4 Å². The number of benzene rings is 1. The van der Waals surface area contributed by atoms with Crippen molar-refractivity contribution >= 4 is 17.5 Å². The zero-order valence-corrected chi connectivity index (χ0v) is 16.5. The second-order valence-electron chi connectivity index (χ2n) is 8.53. The van der Waals surface area contributed by atoms with Gasteiger partial charge in [-0.2, -0.15) is 0 Å². The first-order valence-electron chi connectivity index (χ1n) is 9.67. The molecule has 142 valence electrons. The van der Waals surface area contributed by atoms with Crippen LogP contribution in [-0.4, -0.2) is 59.9 Å². The van der Waals surface area contributed by atoms with Crippen molar-refractivity contribution in [1.82, 2.24) is 9.80 Å². The second-order valence-corrected chi connectivity index (χ2v) is 8.53. The lowest BCUT2D eigenvalue weighted by Crippen LogP contribution is -2.44. The van der Waals surface area contributed by atoms with Crippen molar-refractivity contribution in [3.63, 3.8) is 0 Å². The minimum absolute atomic E-state index is 0.104. The van der Waals surface area contributed by atoms with Crippen molar-refractivity contribution in [2.45, 2.75) is 46.1 Å². The quantitative estimate of drug-likeness (QED) is 0.817. The van der Waals surface area contributed by atoms with Crippen LogP contribution in [0.4, 0.5) is 5.69 Å². The summed E-state index contributed by atoms with van der Waals surface area (Å²) in [5, 5.41) is 0. The molecule has 2 amide bonds. The maximum absolute atomic E-state index is 13.0. The molecule has 2 aliphatic rings. The molecular weight excluding hydrogens is 326 g/mol. The third kappa shape index (κ3) is 3.87. The van der Waals surface area contributed by atoms with Crippen LogP contribution in [0, 0.1) is 12.8 Å². The number of likely N-dealkylation sites (tertiary alicyclic amines) is 1. The Morgan fingerprint density at radius 1 is 1.08 bits per heavy atom. The van der Waals surface area contributed by atoms with Gasteiger partial charge in [0.25, 0.3) is 0 Å². The predicted molar refractivity (Wildman–Crippen MR) is 104 cm³/mol. The minimum atomic E-state index is -0.216. The molecular formula is C21H31N3O2. The predicted octanol–water partition coefficient (Wildman–Crippen LogP) is 2.68. The third-order valence-corrected chi connectivity index (χ3v) is 5.55. The summed E-state index contributed by atoms with van der Waals surface area (Å²) >= 11 is 0. The highest BCUT2D eigenvalue weighted by Crippen LogP contribution is 2.28. The van der Waals surface area contributed by atoms with Gasteiger partial charge in [-0.25, -0.2) is 0 Å². The number of hydrogen-bond donors (Lipinski definition) is 0. The van der Waals surface area contributed by atoms with Crippen molar-refractivity contribution in [2.24, 2.45) is 5.92 Å². The van der Waals surface area contributed by atoms with Gasteiger partial charge >= 0.3 is 0 Å². The number of amides is 2. The van der Waals surface area contributed by atoms with E-state index in [1.54, 1.807) is 0 Å². The first-order chi connectivity index (χ1) is 12.3. The van der Waals surface area contributed by atoms with Gasteiger partial charge in [0.1, 0.15) is 0 Å². The highest BCUT2D eigenvalue weighted by Gasteiger charge is 2.41. The van der Waals surface area contributed by atoms with Crippen LogP contribution >= 0.6 is 0 Å².